The number of carboxylic acid groups (broad SMARTS) is 1. The highest BCUT2D eigenvalue weighted by molar-refractivity contribution is 5.95. The molecule has 0 bridgehead atoms. The molecule has 0 aromatic heterocycles. The maximum Gasteiger partial charge on any atom is 0.573 e. The van der Waals surface area contributed by atoms with Crippen LogP contribution in [0.25, 0.3) is 0 Å². The molecule has 5 nitrogen and oxygen atoms in total. The molecule has 0 radical (unpaired) electrons. The molecule has 0 spiro atoms. The summed E-state index contributed by atoms with van der Waals surface area (Å²) in [4.78, 5) is 24.1. The van der Waals surface area contributed by atoms with Crippen molar-refractivity contribution in [1.29, 1.82) is 0 Å². The van der Waals surface area contributed by atoms with Gasteiger partial charge in [-0.05, 0) is 50.1 Å². The van der Waals surface area contributed by atoms with Gasteiger partial charge in [0, 0.05) is 17.6 Å². The number of carbonyl (C=O) groups excluding carboxylic acids is 2. The van der Waals surface area contributed by atoms with E-state index in [1.54, 1.807) is 0 Å². The van der Waals surface area contributed by atoms with Crippen molar-refractivity contribution < 1.29 is 32.6 Å². The highest BCUT2D eigenvalue weighted by Gasteiger charge is 2.31. The molecule has 0 fully saturated rings. The fraction of sp³-hybridized carbons (Fsp3) is 0.333. The zero-order valence-electron chi connectivity index (χ0n) is 16.2. The van der Waals surface area contributed by atoms with Crippen LogP contribution in [0.3, 0.4) is 0 Å². The van der Waals surface area contributed by atoms with Crippen molar-refractivity contribution in [2.24, 2.45) is 11.8 Å². The summed E-state index contributed by atoms with van der Waals surface area (Å²) in [5, 5.41) is 13.9. The predicted octanol–water partition coefficient (Wildman–Crippen LogP) is 3.39. The van der Waals surface area contributed by atoms with Gasteiger partial charge in [0.25, 0.3) is 0 Å². The van der Waals surface area contributed by atoms with E-state index in [2.05, 4.69) is 10.1 Å². The van der Waals surface area contributed by atoms with Crippen LogP contribution >= 0.6 is 0 Å². The summed E-state index contributed by atoms with van der Waals surface area (Å²) in [7, 11) is 0. The number of amides is 1. The lowest BCUT2D eigenvalue weighted by Crippen LogP contribution is -2.40. The van der Waals surface area contributed by atoms with Crippen molar-refractivity contribution >= 4 is 17.6 Å². The van der Waals surface area contributed by atoms with E-state index in [-0.39, 0.29) is 12.1 Å². The van der Waals surface area contributed by atoms with E-state index in [1.807, 2.05) is 32.0 Å². The molecule has 2 aromatic rings. The number of hydrogen-bond acceptors (Lipinski definition) is 4. The third-order valence-corrected chi connectivity index (χ3v) is 4.40. The fourth-order valence-corrected chi connectivity index (χ4v) is 3.08. The average molecular weight is 408 g/mol. The monoisotopic (exact) mass is 408 g/mol. The second kappa shape index (κ2) is 8.98. The third-order valence-electron chi connectivity index (χ3n) is 4.40. The Balaban J connectivity index is 2.18. The molecule has 29 heavy (non-hydrogen) atoms. The lowest BCUT2D eigenvalue weighted by atomic mass is 9.86. The van der Waals surface area contributed by atoms with Crippen molar-refractivity contribution in [3.05, 3.63) is 59.2 Å². The minimum Gasteiger partial charge on any atom is -0.550 e. The third kappa shape index (κ3) is 6.81. The number of carbonyl (C=O) groups is 2. The normalized spacial score (nSPS) is 13.4. The molecule has 0 aliphatic heterocycles. The minimum atomic E-state index is -4.81. The van der Waals surface area contributed by atoms with E-state index in [1.165, 1.54) is 19.1 Å². The minimum absolute atomic E-state index is 0.179. The van der Waals surface area contributed by atoms with E-state index in [0.717, 1.165) is 28.8 Å². The SMILES string of the molecule is Cc1cc(C)cc(C[C@@H](C(=O)Nc2ccc(OC(F)(F)F)cc2)[C@@H](C)C(=O)[O-])c1. The van der Waals surface area contributed by atoms with E-state index in [0.29, 0.717) is 0 Å². The van der Waals surface area contributed by atoms with Gasteiger partial charge in [-0.2, -0.15) is 0 Å². The van der Waals surface area contributed by atoms with Crippen molar-refractivity contribution in [1.82, 2.24) is 0 Å². The second-order valence-corrected chi connectivity index (χ2v) is 6.98. The molecular formula is C21H21F3NO4-. The Morgan fingerprint density at radius 3 is 2.10 bits per heavy atom. The molecule has 0 heterocycles. The van der Waals surface area contributed by atoms with Crippen LogP contribution in [0.5, 0.6) is 5.75 Å². The van der Waals surface area contributed by atoms with Crippen molar-refractivity contribution in [3.63, 3.8) is 0 Å². The van der Waals surface area contributed by atoms with E-state index >= 15 is 0 Å². The summed E-state index contributed by atoms with van der Waals surface area (Å²) in [6.07, 6.45) is -4.63. The first-order valence-corrected chi connectivity index (χ1v) is 8.89. The largest absolute Gasteiger partial charge is 0.573 e. The first-order chi connectivity index (χ1) is 13.4. The molecular weight excluding hydrogens is 387 g/mol. The first-order valence-electron chi connectivity index (χ1n) is 8.89. The summed E-state index contributed by atoms with van der Waals surface area (Å²) in [5.41, 5.74) is 3.01. The molecule has 0 aliphatic rings. The van der Waals surface area contributed by atoms with E-state index in [9.17, 15) is 27.9 Å². The van der Waals surface area contributed by atoms with Crippen LogP contribution in [-0.2, 0) is 16.0 Å². The lowest BCUT2D eigenvalue weighted by Gasteiger charge is -2.24. The molecule has 8 heteroatoms. The lowest BCUT2D eigenvalue weighted by molar-refractivity contribution is -0.312. The Labute approximate surface area is 166 Å². The summed E-state index contributed by atoms with van der Waals surface area (Å²) < 4.78 is 40.5. The Morgan fingerprint density at radius 2 is 1.62 bits per heavy atom. The zero-order chi connectivity index (χ0) is 21.8. The Hall–Kier alpha value is -3.03. The first kappa shape index (κ1) is 22.3. The number of ether oxygens (including phenoxy) is 1. The van der Waals surface area contributed by atoms with Crippen LogP contribution in [0.2, 0.25) is 0 Å². The average Bonchev–Trinajstić information content (AvgIpc) is 2.58. The van der Waals surface area contributed by atoms with Gasteiger partial charge in [-0.15, -0.1) is 13.2 Å². The van der Waals surface area contributed by atoms with Crippen LogP contribution < -0.4 is 15.2 Å². The molecule has 0 aliphatic carbocycles. The number of rotatable bonds is 7. The topological polar surface area (TPSA) is 78.5 Å². The van der Waals surface area contributed by atoms with Gasteiger partial charge in [0.2, 0.25) is 5.91 Å². The molecule has 156 valence electrons. The Bertz CT molecular complexity index is 858. The molecule has 0 saturated carbocycles. The maximum atomic E-state index is 12.7. The highest BCUT2D eigenvalue weighted by atomic mass is 19.4. The number of nitrogens with one attached hydrogen (secondary N) is 1. The molecule has 0 saturated heterocycles. The van der Waals surface area contributed by atoms with Crippen LogP contribution in [0.4, 0.5) is 18.9 Å². The quantitative estimate of drug-likeness (QED) is 0.762. The summed E-state index contributed by atoms with van der Waals surface area (Å²) in [5.74, 6) is -4.34. The van der Waals surface area contributed by atoms with Gasteiger partial charge in [0.1, 0.15) is 5.75 Å². The number of benzene rings is 2. The van der Waals surface area contributed by atoms with Crippen molar-refractivity contribution in [2.75, 3.05) is 5.32 Å². The van der Waals surface area contributed by atoms with Gasteiger partial charge < -0.3 is 20.0 Å². The zero-order valence-corrected chi connectivity index (χ0v) is 16.2. The van der Waals surface area contributed by atoms with Gasteiger partial charge >= 0.3 is 6.36 Å². The maximum absolute atomic E-state index is 12.7. The molecule has 1 amide bonds. The molecule has 1 N–H and O–H groups in total. The van der Waals surface area contributed by atoms with Crippen molar-refractivity contribution in [3.8, 4) is 5.75 Å². The van der Waals surface area contributed by atoms with E-state index in [4.69, 9.17) is 0 Å². The summed E-state index contributed by atoms with van der Waals surface area (Å²) in [6, 6.07) is 10.3. The van der Waals surface area contributed by atoms with Gasteiger partial charge in [-0.1, -0.05) is 36.2 Å². The summed E-state index contributed by atoms with van der Waals surface area (Å²) in [6.45, 7) is 5.19. The number of halogens is 3. The Kier molecular flexibility index (Phi) is 6.89. The number of hydrogen-bond donors (Lipinski definition) is 1. The van der Waals surface area contributed by atoms with Gasteiger partial charge in [0.15, 0.2) is 0 Å². The molecule has 0 unspecified atom stereocenters. The number of aryl methyl sites for hydroxylation is 2. The van der Waals surface area contributed by atoms with Crippen LogP contribution in [0.1, 0.15) is 23.6 Å². The highest BCUT2D eigenvalue weighted by Crippen LogP contribution is 2.25. The number of aliphatic carboxylic acids is 1. The van der Waals surface area contributed by atoms with Crippen LogP contribution in [0, 0.1) is 25.7 Å². The number of carboxylic acids is 1. The van der Waals surface area contributed by atoms with Gasteiger partial charge in [0.05, 0.1) is 5.92 Å². The van der Waals surface area contributed by atoms with Crippen LogP contribution in [0.15, 0.2) is 42.5 Å². The van der Waals surface area contributed by atoms with Crippen molar-refractivity contribution in [2.45, 2.75) is 33.6 Å². The molecule has 2 atom stereocenters. The molecule has 2 aromatic carbocycles. The van der Waals surface area contributed by atoms with E-state index < -0.39 is 35.8 Å². The van der Waals surface area contributed by atoms with Gasteiger partial charge in [-0.25, -0.2) is 0 Å². The predicted molar refractivity (Wildman–Crippen MR) is 99.0 cm³/mol. The van der Waals surface area contributed by atoms with Gasteiger partial charge in [-0.3, -0.25) is 4.79 Å². The second-order valence-electron chi connectivity index (χ2n) is 6.98. The Morgan fingerprint density at radius 1 is 1.07 bits per heavy atom. The fourth-order valence-electron chi connectivity index (χ4n) is 3.08. The standard InChI is InChI=1S/C21H22F3NO4/c1-12-8-13(2)10-15(9-12)11-18(14(3)20(27)28)19(26)25-16-4-6-17(7-5-16)29-21(22,23)24/h4-10,14,18H,11H2,1-3H3,(H,25,26)(H,27,28)/p-1/t14-,18-/m1/s1. The number of anilines is 1. The van der Waals surface area contributed by atoms with Crippen LogP contribution in [-0.4, -0.2) is 18.2 Å². The molecule has 2 rings (SSSR count). The number of alkyl halides is 3. The smallest absolute Gasteiger partial charge is 0.550 e. The summed E-state index contributed by atoms with van der Waals surface area (Å²) >= 11 is 0.